The number of hydrogen-bond donors (Lipinski definition) is 2. The zero-order chi connectivity index (χ0) is 13.3. The zero-order valence-electron chi connectivity index (χ0n) is 9.47. The molecule has 0 heterocycles. The first-order valence-corrected chi connectivity index (χ1v) is 5.63. The first-order chi connectivity index (χ1) is 8.36. The van der Waals surface area contributed by atoms with E-state index in [1.54, 1.807) is 0 Å². The van der Waals surface area contributed by atoms with E-state index in [9.17, 15) is 17.6 Å². The summed E-state index contributed by atoms with van der Waals surface area (Å²) in [6, 6.07) is 3.10. The molecule has 2 nitrogen and oxygen atoms in total. The fourth-order valence-electron chi connectivity index (χ4n) is 1.92. The zero-order valence-corrected chi connectivity index (χ0v) is 9.47. The van der Waals surface area contributed by atoms with Gasteiger partial charge in [0.2, 0.25) is 0 Å². The minimum absolute atomic E-state index is 0.124. The molecule has 0 radical (unpaired) electrons. The van der Waals surface area contributed by atoms with Gasteiger partial charge in [0.15, 0.2) is 0 Å². The summed E-state index contributed by atoms with van der Waals surface area (Å²) in [5.74, 6) is -1.26. The van der Waals surface area contributed by atoms with E-state index in [1.165, 1.54) is 6.07 Å². The van der Waals surface area contributed by atoms with Crippen molar-refractivity contribution in [2.24, 2.45) is 0 Å². The van der Waals surface area contributed by atoms with Crippen molar-refractivity contribution in [3.63, 3.8) is 0 Å². The molecule has 18 heavy (non-hydrogen) atoms. The second-order valence-corrected chi connectivity index (χ2v) is 4.52. The molecule has 6 heteroatoms. The van der Waals surface area contributed by atoms with Crippen LogP contribution in [0.25, 0.3) is 0 Å². The lowest BCUT2D eigenvalue weighted by atomic mass is 9.89. The fourth-order valence-corrected chi connectivity index (χ4v) is 1.92. The standard InChI is InChI=1S/C12H13F4NO/c13-11-2-1-7(3-10(11)12(14,15)16)6-17-8-4-9(18)5-8/h1-3,8-9,17-18H,4-6H2. The molecule has 1 aliphatic carbocycles. The van der Waals surface area contributed by atoms with Gasteiger partial charge in [-0.2, -0.15) is 13.2 Å². The molecule has 0 amide bonds. The lowest BCUT2D eigenvalue weighted by molar-refractivity contribution is -0.140. The molecule has 1 fully saturated rings. The number of nitrogens with one attached hydrogen (secondary N) is 1. The maximum Gasteiger partial charge on any atom is 0.419 e. The normalized spacial score (nSPS) is 23.8. The third-order valence-corrected chi connectivity index (χ3v) is 3.04. The first-order valence-electron chi connectivity index (χ1n) is 5.63. The van der Waals surface area contributed by atoms with Crippen molar-refractivity contribution >= 4 is 0 Å². The van der Waals surface area contributed by atoms with Gasteiger partial charge in [-0.3, -0.25) is 0 Å². The van der Waals surface area contributed by atoms with Crippen molar-refractivity contribution in [2.45, 2.75) is 37.7 Å². The molecule has 0 saturated heterocycles. The van der Waals surface area contributed by atoms with Gasteiger partial charge in [0.05, 0.1) is 11.7 Å². The van der Waals surface area contributed by atoms with E-state index < -0.39 is 17.6 Å². The van der Waals surface area contributed by atoms with Crippen molar-refractivity contribution in [3.8, 4) is 0 Å². The highest BCUT2D eigenvalue weighted by Gasteiger charge is 2.34. The summed E-state index contributed by atoms with van der Waals surface area (Å²) >= 11 is 0. The van der Waals surface area contributed by atoms with Gasteiger partial charge in [-0.1, -0.05) is 6.07 Å². The molecular formula is C12H13F4NO. The van der Waals surface area contributed by atoms with E-state index in [1.807, 2.05) is 0 Å². The summed E-state index contributed by atoms with van der Waals surface area (Å²) in [4.78, 5) is 0. The largest absolute Gasteiger partial charge is 0.419 e. The van der Waals surface area contributed by atoms with Crippen LogP contribution in [0.1, 0.15) is 24.0 Å². The van der Waals surface area contributed by atoms with Crippen molar-refractivity contribution in [3.05, 3.63) is 35.1 Å². The average molecular weight is 263 g/mol. The molecule has 2 N–H and O–H groups in total. The Labute approximate surface area is 102 Å². The molecule has 0 spiro atoms. The molecule has 0 unspecified atom stereocenters. The maximum atomic E-state index is 13.0. The van der Waals surface area contributed by atoms with Gasteiger partial charge in [0.25, 0.3) is 0 Å². The van der Waals surface area contributed by atoms with Crippen LogP contribution >= 0.6 is 0 Å². The van der Waals surface area contributed by atoms with Crippen LogP contribution < -0.4 is 5.32 Å². The van der Waals surface area contributed by atoms with E-state index in [0.717, 1.165) is 12.1 Å². The van der Waals surface area contributed by atoms with Crippen LogP contribution in [-0.4, -0.2) is 17.3 Å². The lowest BCUT2D eigenvalue weighted by Crippen LogP contribution is -2.43. The summed E-state index contributed by atoms with van der Waals surface area (Å²) in [6.45, 7) is 0.237. The van der Waals surface area contributed by atoms with Crippen LogP contribution in [0.3, 0.4) is 0 Å². The van der Waals surface area contributed by atoms with Gasteiger partial charge in [-0.05, 0) is 30.5 Å². The molecule has 0 bridgehead atoms. The minimum Gasteiger partial charge on any atom is -0.393 e. The Balaban J connectivity index is 2.01. The van der Waals surface area contributed by atoms with Gasteiger partial charge in [0.1, 0.15) is 5.82 Å². The maximum absolute atomic E-state index is 13.0. The molecule has 0 atom stereocenters. The van der Waals surface area contributed by atoms with Crippen LogP contribution in [0.2, 0.25) is 0 Å². The molecule has 0 aliphatic heterocycles. The third-order valence-electron chi connectivity index (χ3n) is 3.04. The highest BCUT2D eigenvalue weighted by atomic mass is 19.4. The van der Waals surface area contributed by atoms with Crippen LogP contribution in [0.4, 0.5) is 17.6 Å². The van der Waals surface area contributed by atoms with Gasteiger partial charge in [-0.25, -0.2) is 4.39 Å². The number of aliphatic hydroxyl groups excluding tert-OH is 1. The van der Waals surface area contributed by atoms with E-state index >= 15 is 0 Å². The van der Waals surface area contributed by atoms with Crippen LogP contribution in [0.5, 0.6) is 0 Å². The van der Waals surface area contributed by atoms with Gasteiger partial charge < -0.3 is 10.4 Å². The van der Waals surface area contributed by atoms with Crippen molar-refractivity contribution in [1.82, 2.24) is 5.32 Å². The number of benzene rings is 1. The van der Waals surface area contributed by atoms with Crippen LogP contribution in [0.15, 0.2) is 18.2 Å². The summed E-state index contributed by atoms with van der Waals surface area (Å²) < 4.78 is 50.4. The number of aliphatic hydroxyl groups is 1. The molecule has 1 aromatic rings. The average Bonchev–Trinajstić information content (AvgIpc) is 2.23. The van der Waals surface area contributed by atoms with Crippen LogP contribution in [-0.2, 0) is 12.7 Å². The number of rotatable bonds is 3. The minimum atomic E-state index is -4.67. The molecular weight excluding hydrogens is 250 g/mol. The second kappa shape index (κ2) is 4.85. The highest BCUT2D eigenvalue weighted by molar-refractivity contribution is 5.27. The van der Waals surface area contributed by atoms with Crippen molar-refractivity contribution < 1.29 is 22.7 Å². The molecule has 1 saturated carbocycles. The summed E-state index contributed by atoms with van der Waals surface area (Å²) in [5.41, 5.74) is -0.861. The number of halogens is 4. The predicted octanol–water partition coefficient (Wildman–Crippen LogP) is 2.46. The van der Waals surface area contributed by atoms with Crippen molar-refractivity contribution in [2.75, 3.05) is 0 Å². The van der Waals surface area contributed by atoms with Crippen LogP contribution in [0, 0.1) is 5.82 Å². The quantitative estimate of drug-likeness (QED) is 0.821. The van der Waals surface area contributed by atoms with Crippen molar-refractivity contribution in [1.29, 1.82) is 0 Å². The molecule has 1 aliphatic rings. The second-order valence-electron chi connectivity index (χ2n) is 4.52. The summed E-state index contributed by atoms with van der Waals surface area (Å²) in [6.07, 6.45) is -3.78. The Morgan fingerprint density at radius 2 is 1.94 bits per heavy atom. The monoisotopic (exact) mass is 263 g/mol. The number of hydrogen-bond acceptors (Lipinski definition) is 2. The Morgan fingerprint density at radius 1 is 1.28 bits per heavy atom. The molecule has 0 aromatic heterocycles. The Hall–Kier alpha value is -1.14. The Bertz CT molecular complexity index is 427. The predicted molar refractivity (Wildman–Crippen MR) is 57.3 cm³/mol. The topological polar surface area (TPSA) is 32.3 Å². The van der Waals surface area contributed by atoms with E-state index in [0.29, 0.717) is 18.4 Å². The molecule has 100 valence electrons. The van der Waals surface area contributed by atoms with E-state index in [-0.39, 0.29) is 18.7 Å². The number of alkyl halides is 3. The SMILES string of the molecule is OC1CC(NCc2ccc(F)c(C(F)(F)F)c2)C1. The highest BCUT2D eigenvalue weighted by Crippen LogP contribution is 2.32. The molecule has 1 aromatic carbocycles. The Kier molecular flexibility index (Phi) is 3.59. The van der Waals surface area contributed by atoms with Gasteiger partial charge >= 0.3 is 6.18 Å². The van der Waals surface area contributed by atoms with E-state index in [4.69, 9.17) is 5.11 Å². The fraction of sp³-hybridized carbons (Fsp3) is 0.500. The summed E-state index contributed by atoms with van der Waals surface area (Å²) in [5, 5.41) is 12.1. The van der Waals surface area contributed by atoms with E-state index in [2.05, 4.69) is 5.32 Å². The smallest absolute Gasteiger partial charge is 0.393 e. The third kappa shape index (κ3) is 3.00. The summed E-state index contributed by atoms with van der Waals surface area (Å²) in [7, 11) is 0. The van der Waals surface area contributed by atoms with Gasteiger partial charge in [0, 0.05) is 12.6 Å². The lowest BCUT2D eigenvalue weighted by Gasteiger charge is -2.32. The first kappa shape index (κ1) is 13.3. The van der Waals surface area contributed by atoms with Gasteiger partial charge in [-0.15, -0.1) is 0 Å². The Morgan fingerprint density at radius 3 is 2.50 bits per heavy atom. The molecule has 2 rings (SSSR count).